The van der Waals surface area contributed by atoms with Crippen LogP contribution in [0.4, 0.5) is 0 Å². The molecular formula is C38H40Cl2N4O4. The fourth-order valence-corrected chi connectivity index (χ4v) is 6.57. The second-order valence-corrected chi connectivity index (χ2v) is 12.8. The predicted octanol–water partition coefficient (Wildman–Crippen LogP) is 6.36. The zero-order chi connectivity index (χ0) is 34.4. The highest BCUT2D eigenvalue weighted by atomic mass is 35.5. The molecule has 2 aliphatic heterocycles. The normalized spacial score (nSPS) is 17.9. The third-order valence-corrected chi connectivity index (χ3v) is 9.24. The van der Waals surface area contributed by atoms with Crippen LogP contribution in [0.3, 0.4) is 0 Å². The molecule has 0 bridgehead atoms. The first-order chi connectivity index (χ1) is 23.1. The highest BCUT2D eigenvalue weighted by molar-refractivity contribution is 6.30. The van der Waals surface area contributed by atoms with Gasteiger partial charge in [0.25, 0.3) is 0 Å². The number of dihydropyridines is 1. The summed E-state index contributed by atoms with van der Waals surface area (Å²) in [5.41, 5.74) is 10.8. The number of allylic oxidation sites excluding steroid dienone is 1. The number of nitrogens with two attached hydrogens (primary N) is 1. The molecule has 2 heterocycles. The molecule has 2 unspecified atom stereocenters. The van der Waals surface area contributed by atoms with Gasteiger partial charge in [0, 0.05) is 47.5 Å². The molecule has 48 heavy (non-hydrogen) atoms. The Morgan fingerprint density at radius 1 is 0.938 bits per heavy atom. The molecule has 1 saturated heterocycles. The number of hydrogen-bond donors (Lipinski definition) is 2. The lowest BCUT2D eigenvalue weighted by atomic mass is 9.81. The molecule has 1 fully saturated rings. The highest BCUT2D eigenvalue weighted by Crippen LogP contribution is 2.39. The van der Waals surface area contributed by atoms with Gasteiger partial charge >= 0.3 is 11.9 Å². The molecule has 0 aromatic heterocycles. The van der Waals surface area contributed by atoms with Gasteiger partial charge < -0.3 is 20.5 Å². The molecule has 0 spiro atoms. The lowest BCUT2D eigenvalue weighted by Crippen LogP contribution is -2.51. The van der Waals surface area contributed by atoms with Crippen LogP contribution in [-0.2, 0) is 19.1 Å². The SMILES string of the molecule is C#Cc1cccc(C2C(C(=O)OC(C)N3CCN(C(c4ccc(Cl)cc4)c4ccc(Cl)cc4)CC3)=C(C)NC(N)=C2C(=O)OCCC)c1. The Morgan fingerprint density at radius 2 is 1.52 bits per heavy atom. The van der Waals surface area contributed by atoms with Crippen LogP contribution >= 0.6 is 23.2 Å². The monoisotopic (exact) mass is 686 g/mol. The van der Waals surface area contributed by atoms with Gasteiger partial charge in [-0.2, -0.15) is 0 Å². The average Bonchev–Trinajstić information content (AvgIpc) is 3.08. The number of carbonyl (C=O) groups excluding carboxylic acids is 2. The summed E-state index contributed by atoms with van der Waals surface area (Å²) >= 11 is 12.4. The van der Waals surface area contributed by atoms with Crippen molar-refractivity contribution in [2.24, 2.45) is 5.73 Å². The zero-order valence-electron chi connectivity index (χ0n) is 27.3. The van der Waals surface area contributed by atoms with E-state index >= 15 is 0 Å². The van der Waals surface area contributed by atoms with E-state index in [4.69, 9.17) is 44.8 Å². The van der Waals surface area contributed by atoms with Gasteiger partial charge in [-0.15, -0.1) is 6.42 Å². The van der Waals surface area contributed by atoms with E-state index in [0.29, 0.717) is 46.4 Å². The summed E-state index contributed by atoms with van der Waals surface area (Å²) in [5.74, 6) is 0.766. The van der Waals surface area contributed by atoms with Crippen LogP contribution in [0.25, 0.3) is 0 Å². The number of rotatable bonds is 10. The standard InChI is InChI=1S/C38H40Cl2N4O4/c1-5-22-47-37(45)34-33(29-9-7-8-26(6-2)23-29)32(24(3)42-36(34)41)38(46)48-25(4)43-18-20-44(21-19-43)35(27-10-14-30(39)15-11-27)28-12-16-31(40)17-13-28/h2,7-17,23,25,33,35,42H,5,18-22,41H2,1,3-4H3. The van der Waals surface area contributed by atoms with Crippen molar-refractivity contribution in [2.45, 2.75) is 45.4 Å². The Balaban J connectivity index is 1.35. The Kier molecular flexibility index (Phi) is 11.5. The minimum Gasteiger partial charge on any atom is -0.462 e. The van der Waals surface area contributed by atoms with Crippen molar-refractivity contribution in [3.8, 4) is 12.3 Å². The molecule has 2 aliphatic rings. The minimum absolute atomic E-state index is 0.00308. The summed E-state index contributed by atoms with van der Waals surface area (Å²) < 4.78 is 11.6. The fourth-order valence-electron chi connectivity index (χ4n) is 6.32. The highest BCUT2D eigenvalue weighted by Gasteiger charge is 2.40. The Hall–Kier alpha value is -4.26. The number of halogens is 2. The van der Waals surface area contributed by atoms with Crippen LogP contribution in [0.5, 0.6) is 0 Å². The second kappa shape index (κ2) is 15.8. The Morgan fingerprint density at radius 3 is 2.08 bits per heavy atom. The summed E-state index contributed by atoms with van der Waals surface area (Å²) in [6, 6.07) is 23.0. The van der Waals surface area contributed by atoms with E-state index in [-0.39, 0.29) is 29.6 Å². The van der Waals surface area contributed by atoms with Crippen molar-refractivity contribution in [3.63, 3.8) is 0 Å². The van der Waals surface area contributed by atoms with Crippen molar-refractivity contribution in [1.82, 2.24) is 15.1 Å². The van der Waals surface area contributed by atoms with Gasteiger partial charge in [-0.1, -0.05) is 72.4 Å². The molecule has 3 N–H and O–H groups in total. The van der Waals surface area contributed by atoms with E-state index in [2.05, 4.69) is 45.3 Å². The van der Waals surface area contributed by atoms with Crippen molar-refractivity contribution in [2.75, 3.05) is 32.8 Å². The molecule has 0 aliphatic carbocycles. The first-order valence-corrected chi connectivity index (χ1v) is 16.8. The quantitative estimate of drug-likeness (QED) is 0.188. The van der Waals surface area contributed by atoms with Gasteiger partial charge in [0.1, 0.15) is 5.82 Å². The van der Waals surface area contributed by atoms with Gasteiger partial charge in [-0.25, -0.2) is 9.59 Å². The molecular weight excluding hydrogens is 647 g/mol. The molecule has 0 radical (unpaired) electrons. The third kappa shape index (κ3) is 7.88. The van der Waals surface area contributed by atoms with Crippen molar-refractivity contribution in [1.29, 1.82) is 0 Å². The summed E-state index contributed by atoms with van der Waals surface area (Å²) in [6.45, 7) is 8.52. The van der Waals surface area contributed by atoms with Crippen LogP contribution in [0.1, 0.15) is 61.4 Å². The number of nitrogens with one attached hydrogen (secondary N) is 1. The van der Waals surface area contributed by atoms with Crippen LogP contribution in [0, 0.1) is 12.3 Å². The summed E-state index contributed by atoms with van der Waals surface area (Å²) in [7, 11) is 0. The molecule has 3 aromatic carbocycles. The van der Waals surface area contributed by atoms with Crippen molar-refractivity contribution < 1.29 is 19.1 Å². The smallest absolute Gasteiger partial charge is 0.338 e. The maximum Gasteiger partial charge on any atom is 0.338 e. The molecule has 2 atom stereocenters. The Labute approximate surface area is 292 Å². The maximum absolute atomic E-state index is 14.1. The van der Waals surface area contributed by atoms with E-state index in [0.717, 1.165) is 24.2 Å². The van der Waals surface area contributed by atoms with Gasteiger partial charge in [-0.3, -0.25) is 9.80 Å². The fraction of sp³-hybridized carbons (Fsp3) is 0.316. The number of ether oxygens (including phenoxy) is 2. The number of carbonyl (C=O) groups is 2. The summed E-state index contributed by atoms with van der Waals surface area (Å²) in [4.78, 5) is 31.9. The van der Waals surface area contributed by atoms with Gasteiger partial charge in [0.15, 0.2) is 6.23 Å². The lowest BCUT2D eigenvalue weighted by Gasteiger charge is -2.41. The first-order valence-electron chi connectivity index (χ1n) is 16.0. The van der Waals surface area contributed by atoms with E-state index in [9.17, 15) is 9.59 Å². The molecule has 250 valence electrons. The van der Waals surface area contributed by atoms with Crippen LogP contribution < -0.4 is 11.1 Å². The van der Waals surface area contributed by atoms with Gasteiger partial charge in [0.2, 0.25) is 0 Å². The number of piperazine rings is 1. The van der Waals surface area contributed by atoms with Crippen LogP contribution in [0.15, 0.2) is 95.5 Å². The first kappa shape index (κ1) is 35.1. The van der Waals surface area contributed by atoms with E-state index < -0.39 is 24.1 Å². The van der Waals surface area contributed by atoms with Gasteiger partial charge in [-0.05, 0) is 73.4 Å². The minimum atomic E-state index is -0.833. The number of benzene rings is 3. The number of nitrogens with zero attached hydrogens (tertiary/aromatic N) is 2. The average molecular weight is 688 g/mol. The number of esters is 2. The summed E-state index contributed by atoms with van der Waals surface area (Å²) in [6.07, 6.45) is 5.79. The largest absolute Gasteiger partial charge is 0.462 e. The third-order valence-electron chi connectivity index (χ3n) is 8.73. The van der Waals surface area contributed by atoms with Gasteiger partial charge in [0.05, 0.1) is 29.7 Å². The molecule has 8 nitrogen and oxygen atoms in total. The van der Waals surface area contributed by atoms with Crippen molar-refractivity contribution in [3.05, 3.63) is 128 Å². The number of terminal acetylenes is 1. The maximum atomic E-state index is 14.1. The second-order valence-electron chi connectivity index (χ2n) is 11.9. The van der Waals surface area contributed by atoms with E-state index in [1.165, 1.54) is 0 Å². The van der Waals surface area contributed by atoms with E-state index in [1.807, 2.05) is 44.2 Å². The van der Waals surface area contributed by atoms with E-state index in [1.54, 1.807) is 25.1 Å². The molecule has 0 saturated carbocycles. The number of hydrogen-bond acceptors (Lipinski definition) is 8. The molecule has 0 amide bonds. The topological polar surface area (TPSA) is 97.1 Å². The van der Waals surface area contributed by atoms with Crippen LogP contribution in [-0.4, -0.2) is 60.8 Å². The zero-order valence-corrected chi connectivity index (χ0v) is 28.9. The lowest BCUT2D eigenvalue weighted by molar-refractivity contribution is -0.155. The molecule has 5 rings (SSSR count). The molecule has 10 heteroatoms. The molecule has 3 aromatic rings. The van der Waals surface area contributed by atoms with Crippen molar-refractivity contribution >= 4 is 35.1 Å². The van der Waals surface area contributed by atoms with Crippen LogP contribution in [0.2, 0.25) is 10.0 Å². The summed E-state index contributed by atoms with van der Waals surface area (Å²) in [5, 5.41) is 4.38. The predicted molar refractivity (Wildman–Crippen MR) is 189 cm³/mol. The Bertz CT molecular complexity index is 1690.